The average Bonchev–Trinajstić information content (AvgIpc) is 2.47. The van der Waals surface area contributed by atoms with Crippen molar-refractivity contribution in [1.82, 2.24) is 0 Å². The van der Waals surface area contributed by atoms with Gasteiger partial charge >= 0.3 is 5.97 Å². The molecule has 1 unspecified atom stereocenters. The monoisotopic (exact) mass is 256 g/mol. The fourth-order valence-electron chi connectivity index (χ4n) is 1.64. The van der Waals surface area contributed by atoms with Crippen molar-refractivity contribution in [2.45, 2.75) is 19.4 Å². The standard InChI is InChI=1S/C10H9BrO3/c1-5-2-7(11)3-6-4-8(10(12)13)14-9(5)6/h2-3,8H,4H2,1H3,(H,12,13). The number of halogens is 1. The fraction of sp³-hybridized carbons (Fsp3) is 0.300. The predicted octanol–water partition coefficient (Wildman–Crippen LogP) is 2.15. The van der Waals surface area contributed by atoms with Crippen LogP contribution in [0.15, 0.2) is 16.6 Å². The predicted molar refractivity (Wildman–Crippen MR) is 54.6 cm³/mol. The minimum atomic E-state index is -0.906. The zero-order chi connectivity index (χ0) is 10.3. The summed E-state index contributed by atoms with van der Waals surface area (Å²) in [6.07, 6.45) is -0.275. The number of rotatable bonds is 1. The minimum absolute atomic E-state index is 0.449. The van der Waals surface area contributed by atoms with Crippen LogP contribution < -0.4 is 4.74 Å². The number of benzene rings is 1. The van der Waals surface area contributed by atoms with E-state index in [-0.39, 0.29) is 0 Å². The molecule has 0 fully saturated rings. The number of ether oxygens (including phenoxy) is 1. The average molecular weight is 257 g/mol. The van der Waals surface area contributed by atoms with E-state index in [1.54, 1.807) is 0 Å². The zero-order valence-corrected chi connectivity index (χ0v) is 9.17. The van der Waals surface area contributed by atoms with Crippen LogP contribution >= 0.6 is 15.9 Å². The third kappa shape index (κ3) is 1.50. The second-order valence-corrected chi connectivity index (χ2v) is 4.28. The number of carboxylic acid groups (broad SMARTS) is 1. The first-order valence-corrected chi connectivity index (χ1v) is 5.05. The number of carbonyl (C=O) groups is 1. The number of hydrogen-bond donors (Lipinski definition) is 1. The maximum Gasteiger partial charge on any atom is 0.345 e. The van der Waals surface area contributed by atoms with Crippen LogP contribution in [0, 0.1) is 6.92 Å². The third-order valence-corrected chi connectivity index (χ3v) is 2.72. The topological polar surface area (TPSA) is 46.5 Å². The Hall–Kier alpha value is -1.03. The molecule has 0 aromatic heterocycles. The largest absolute Gasteiger partial charge is 0.478 e. The molecule has 14 heavy (non-hydrogen) atoms. The second kappa shape index (κ2) is 3.28. The molecule has 0 bridgehead atoms. The summed E-state index contributed by atoms with van der Waals surface area (Å²) in [4.78, 5) is 10.7. The summed E-state index contributed by atoms with van der Waals surface area (Å²) in [6.45, 7) is 1.91. The molecular weight excluding hydrogens is 248 g/mol. The molecule has 3 nitrogen and oxygen atoms in total. The molecule has 2 rings (SSSR count). The van der Waals surface area contributed by atoms with Crippen molar-refractivity contribution in [1.29, 1.82) is 0 Å². The first-order valence-electron chi connectivity index (χ1n) is 4.26. The van der Waals surface area contributed by atoms with Gasteiger partial charge in [0.15, 0.2) is 6.10 Å². The van der Waals surface area contributed by atoms with Gasteiger partial charge in [0.2, 0.25) is 0 Å². The van der Waals surface area contributed by atoms with Crippen molar-refractivity contribution in [3.05, 3.63) is 27.7 Å². The van der Waals surface area contributed by atoms with E-state index in [0.717, 1.165) is 21.3 Å². The van der Waals surface area contributed by atoms with Gasteiger partial charge in [0.1, 0.15) is 5.75 Å². The highest BCUT2D eigenvalue weighted by molar-refractivity contribution is 9.10. The van der Waals surface area contributed by atoms with Crippen LogP contribution in [0.5, 0.6) is 5.75 Å². The summed E-state index contributed by atoms with van der Waals surface area (Å²) in [5.74, 6) is -0.183. The molecule has 0 amide bonds. The Labute approximate surface area is 89.8 Å². The van der Waals surface area contributed by atoms with Gasteiger partial charge in [-0.15, -0.1) is 0 Å². The van der Waals surface area contributed by atoms with Crippen molar-refractivity contribution < 1.29 is 14.6 Å². The van der Waals surface area contributed by atoms with Gasteiger partial charge in [0.05, 0.1) is 0 Å². The Morgan fingerprint density at radius 2 is 2.36 bits per heavy atom. The molecular formula is C10H9BrO3. The molecule has 1 aromatic rings. The highest BCUT2D eigenvalue weighted by atomic mass is 79.9. The van der Waals surface area contributed by atoms with E-state index in [2.05, 4.69) is 15.9 Å². The van der Waals surface area contributed by atoms with Gasteiger partial charge in [0, 0.05) is 10.9 Å². The molecule has 1 N–H and O–H groups in total. The molecule has 1 atom stereocenters. The van der Waals surface area contributed by atoms with Crippen molar-refractivity contribution in [2.75, 3.05) is 0 Å². The summed E-state index contributed by atoms with van der Waals surface area (Å²) >= 11 is 3.37. The Morgan fingerprint density at radius 1 is 1.64 bits per heavy atom. The second-order valence-electron chi connectivity index (χ2n) is 3.36. The van der Waals surface area contributed by atoms with Crippen LogP contribution in [-0.2, 0) is 11.2 Å². The van der Waals surface area contributed by atoms with Crippen LogP contribution in [0.25, 0.3) is 0 Å². The summed E-state index contributed by atoms with van der Waals surface area (Å²) in [6, 6.07) is 3.83. The smallest absolute Gasteiger partial charge is 0.345 e. The lowest BCUT2D eigenvalue weighted by atomic mass is 10.1. The number of hydrogen-bond acceptors (Lipinski definition) is 2. The maximum absolute atomic E-state index is 10.7. The van der Waals surface area contributed by atoms with E-state index in [1.165, 1.54) is 0 Å². The van der Waals surface area contributed by atoms with Crippen LogP contribution in [0.1, 0.15) is 11.1 Å². The van der Waals surface area contributed by atoms with Gasteiger partial charge in [-0.2, -0.15) is 0 Å². The summed E-state index contributed by atoms with van der Waals surface area (Å²) in [5, 5.41) is 8.81. The van der Waals surface area contributed by atoms with Crippen LogP contribution in [0.3, 0.4) is 0 Å². The van der Waals surface area contributed by atoms with Crippen LogP contribution in [0.2, 0.25) is 0 Å². The summed E-state index contributed by atoms with van der Waals surface area (Å²) < 4.78 is 6.30. The van der Waals surface area contributed by atoms with E-state index >= 15 is 0 Å². The molecule has 1 heterocycles. The number of aliphatic carboxylic acids is 1. The molecule has 1 aromatic carbocycles. The van der Waals surface area contributed by atoms with E-state index in [9.17, 15) is 4.79 Å². The molecule has 0 aliphatic carbocycles. The van der Waals surface area contributed by atoms with Gasteiger partial charge in [0.25, 0.3) is 0 Å². The van der Waals surface area contributed by atoms with Crippen LogP contribution in [-0.4, -0.2) is 17.2 Å². The highest BCUT2D eigenvalue weighted by Crippen LogP contribution is 2.34. The summed E-state index contributed by atoms with van der Waals surface area (Å²) in [5.41, 5.74) is 1.93. The van der Waals surface area contributed by atoms with Gasteiger partial charge < -0.3 is 9.84 Å². The zero-order valence-electron chi connectivity index (χ0n) is 7.58. The van der Waals surface area contributed by atoms with Crippen molar-refractivity contribution >= 4 is 21.9 Å². The van der Waals surface area contributed by atoms with Gasteiger partial charge in [-0.05, 0) is 30.2 Å². The van der Waals surface area contributed by atoms with E-state index in [1.807, 2.05) is 19.1 Å². The lowest BCUT2D eigenvalue weighted by molar-refractivity contribution is -0.144. The Balaban J connectivity index is 2.39. The van der Waals surface area contributed by atoms with Crippen molar-refractivity contribution in [3.63, 3.8) is 0 Å². The lowest BCUT2D eigenvalue weighted by Gasteiger charge is -2.06. The summed E-state index contributed by atoms with van der Waals surface area (Å²) in [7, 11) is 0. The first-order chi connectivity index (χ1) is 6.58. The lowest BCUT2D eigenvalue weighted by Crippen LogP contribution is -2.24. The molecule has 0 saturated carbocycles. The molecule has 1 aliphatic rings. The van der Waals surface area contributed by atoms with Crippen LogP contribution in [0.4, 0.5) is 0 Å². The van der Waals surface area contributed by atoms with E-state index in [4.69, 9.17) is 9.84 Å². The number of aryl methyl sites for hydroxylation is 1. The normalized spacial score (nSPS) is 18.9. The Bertz CT molecular complexity index is 401. The quantitative estimate of drug-likeness (QED) is 0.838. The van der Waals surface area contributed by atoms with Gasteiger partial charge in [-0.3, -0.25) is 0 Å². The number of carboxylic acids is 1. The molecule has 0 radical (unpaired) electrons. The maximum atomic E-state index is 10.7. The Morgan fingerprint density at radius 3 is 3.00 bits per heavy atom. The molecule has 0 saturated heterocycles. The first kappa shape index (κ1) is 9.52. The molecule has 74 valence electrons. The van der Waals surface area contributed by atoms with Crippen molar-refractivity contribution in [2.24, 2.45) is 0 Å². The molecule has 4 heteroatoms. The minimum Gasteiger partial charge on any atom is -0.478 e. The van der Waals surface area contributed by atoms with Crippen molar-refractivity contribution in [3.8, 4) is 5.75 Å². The molecule has 0 spiro atoms. The SMILES string of the molecule is Cc1cc(Br)cc2c1OC(C(=O)O)C2. The third-order valence-electron chi connectivity index (χ3n) is 2.26. The van der Waals surface area contributed by atoms with Gasteiger partial charge in [-0.25, -0.2) is 4.79 Å². The Kier molecular flexibility index (Phi) is 2.23. The van der Waals surface area contributed by atoms with E-state index < -0.39 is 12.1 Å². The van der Waals surface area contributed by atoms with Gasteiger partial charge in [-0.1, -0.05) is 15.9 Å². The van der Waals surface area contributed by atoms with E-state index in [0.29, 0.717) is 6.42 Å². The molecule has 1 aliphatic heterocycles. The fourth-order valence-corrected chi connectivity index (χ4v) is 2.26. The number of fused-ring (bicyclic) bond motifs is 1. The highest BCUT2D eigenvalue weighted by Gasteiger charge is 2.29.